The van der Waals surface area contributed by atoms with Crippen molar-refractivity contribution in [3.63, 3.8) is 0 Å². The van der Waals surface area contributed by atoms with Crippen LogP contribution in [0.1, 0.15) is 12.8 Å². The lowest BCUT2D eigenvalue weighted by atomic mass is 10.4. The number of hydrogen-bond donors (Lipinski definition) is 0. The molecule has 0 aromatic carbocycles. The summed E-state index contributed by atoms with van der Waals surface area (Å²) in [5.41, 5.74) is 0. The van der Waals surface area contributed by atoms with Gasteiger partial charge in [-0.05, 0) is 64.8 Å². The molecule has 0 unspecified atom stereocenters. The monoisotopic (exact) mass is 338 g/mol. The average Bonchev–Trinajstić information content (AvgIpc) is 2.13. The number of rotatable bonds is 4. The first kappa shape index (κ1) is 19.7. The van der Waals surface area contributed by atoms with Gasteiger partial charge in [-0.2, -0.15) is 0 Å². The first-order valence-corrected chi connectivity index (χ1v) is 18.6. The van der Waals surface area contributed by atoms with Crippen LogP contribution in [0, 0.1) is 0 Å². The highest BCUT2D eigenvalue weighted by Crippen LogP contribution is 2.19. The molecule has 1 aliphatic rings. The van der Waals surface area contributed by atoms with E-state index in [4.69, 9.17) is 12.7 Å². The van der Waals surface area contributed by atoms with Gasteiger partial charge in [0.05, 0.1) is 0 Å². The molecule has 0 aromatic rings. The molecule has 0 amide bonds. The summed E-state index contributed by atoms with van der Waals surface area (Å²) in [6, 6.07) is 1.42. The summed E-state index contributed by atoms with van der Waals surface area (Å²) in [5, 5.41) is 0. The summed E-state index contributed by atoms with van der Waals surface area (Å²) in [4.78, 5) is 0. The van der Waals surface area contributed by atoms with Crippen LogP contribution in [-0.2, 0) is 12.7 Å². The quantitative estimate of drug-likeness (QED) is 0.732. The van der Waals surface area contributed by atoms with Crippen molar-refractivity contribution >= 4 is 35.0 Å². The van der Waals surface area contributed by atoms with Crippen LogP contribution in [0.3, 0.4) is 0 Å². The lowest BCUT2D eigenvalue weighted by molar-refractivity contribution is 0.304. The molecule has 1 rings (SSSR count). The van der Waals surface area contributed by atoms with Crippen LogP contribution in [0.15, 0.2) is 0 Å². The molecule has 0 atom stereocenters. The van der Waals surface area contributed by atoms with Crippen LogP contribution >= 0.6 is 0 Å². The third-order valence-electron chi connectivity index (χ3n) is 2.18. The molecule has 19 heavy (non-hydrogen) atoms. The molecule has 0 N–H and O–H groups in total. The van der Waals surface area contributed by atoms with Gasteiger partial charge in [0.25, 0.3) is 0 Å². The standard InChI is InChI=1S/C8H24O2Si3.C4H10OSi/c1-11(2,3)9-13(7,8)10-12(4,5)6;1-2-4-6-5-3-1/h1-8H3;1-4,6H2. The topological polar surface area (TPSA) is 27.7 Å². The SMILES string of the molecule is C1CC[SiH2]OC1.C[Si](C)(C)O[Si](C)(C)O[Si](C)(C)C. The van der Waals surface area contributed by atoms with E-state index >= 15 is 0 Å². The Bertz CT molecular complexity index is 213. The van der Waals surface area contributed by atoms with Gasteiger partial charge in [0, 0.05) is 6.61 Å². The van der Waals surface area contributed by atoms with Gasteiger partial charge < -0.3 is 12.7 Å². The molecule has 7 heteroatoms. The van der Waals surface area contributed by atoms with Crippen molar-refractivity contribution in [2.24, 2.45) is 0 Å². The van der Waals surface area contributed by atoms with E-state index < -0.39 is 25.2 Å². The fraction of sp³-hybridized carbons (Fsp3) is 1.00. The van der Waals surface area contributed by atoms with Gasteiger partial charge in [-0.3, -0.25) is 0 Å². The van der Waals surface area contributed by atoms with Crippen LogP contribution in [0.4, 0.5) is 0 Å². The fourth-order valence-electron chi connectivity index (χ4n) is 2.18. The zero-order chi connectivity index (χ0) is 15.2. The molecule has 1 saturated heterocycles. The summed E-state index contributed by atoms with van der Waals surface area (Å²) in [7, 11) is -4.71. The van der Waals surface area contributed by atoms with Gasteiger partial charge in [0.2, 0.25) is 0 Å². The van der Waals surface area contributed by atoms with E-state index in [0.717, 1.165) is 6.61 Å². The molecule has 0 aliphatic carbocycles. The van der Waals surface area contributed by atoms with Gasteiger partial charge in [0.1, 0.15) is 0 Å². The van der Waals surface area contributed by atoms with Crippen molar-refractivity contribution < 1.29 is 12.7 Å². The predicted octanol–water partition coefficient (Wildman–Crippen LogP) is 3.69. The fourth-order valence-corrected chi connectivity index (χ4v) is 15.7. The molecule has 0 spiro atoms. The van der Waals surface area contributed by atoms with Gasteiger partial charge >= 0.3 is 8.56 Å². The Hall–Kier alpha value is 0.748. The van der Waals surface area contributed by atoms with E-state index in [-0.39, 0.29) is 9.76 Å². The summed E-state index contributed by atoms with van der Waals surface area (Å²) >= 11 is 0. The molecule has 1 heterocycles. The Balaban J connectivity index is 0.000000443. The molecule has 0 radical (unpaired) electrons. The van der Waals surface area contributed by atoms with Crippen LogP contribution in [-0.4, -0.2) is 41.6 Å². The van der Waals surface area contributed by atoms with Crippen LogP contribution in [0.25, 0.3) is 0 Å². The Morgan fingerprint density at radius 2 is 1.26 bits per heavy atom. The van der Waals surface area contributed by atoms with Crippen molar-refractivity contribution in [2.75, 3.05) is 6.61 Å². The van der Waals surface area contributed by atoms with E-state index in [1.165, 1.54) is 18.9 Å². The highest BCUT2D eigenvalue weighted by atomic mass is 28.5. The third-order valence-corrected chi connectivity index (χ3v) is 12.4. The zero-order valence-electron chi connectivity index (χ0n) is 14.3. The Morgan fingerprint density at radius 3 is 1.42 bits per heavy atom. The second-order valence-corrected chi connectivity index (χ2v) is 21.9. The highest BCUT2D eigenvalue weighted by molar-refractivity contribution is 6.87. The molecule has 0 aromatic heterocycles. The smallest absolute Gasteiger partial charge is 0.311 e. The zero-order valence-corrected chi connectivity index (χ0v) is 18.7. The first-order chi connectivity index (χ1) is 8.41. The van der Waals surface area contributed by atoms with E-state index in [2.05, 4.69) is 52.4 Å². The summed E-state index contributed by atoms with van der Waals surface area (Å²) in [5.74, 6) is 0. The minimum Gasteiger partial charge on any atom is -0.437 e. The third kappa shape index (κ3) is 15.0. The summed E-state index contributed by atoms with van der Waals surface area (Å²) in [6.45, 7) is 18.7. The molecular formula is C12H34O3Si4. The largest absolute Gasteiger partial charge is 0.437 e. The summed E-state index contributed by atoms with van der Waals surface area (Å²) in [6.07, 6.45) is 2.75. The molecular weight excluding hydrogens is 304 g/mol. The Kier molecular flexibility index (Phi) is 8.58. The maximum atomic E-state index is 6.09. The van der Waals surface area contributed by atoms with Crippen molar-refractivity contribution in [1.82, 2.24) is 0 Å². The van der Waals surface area contributed by atoms with Crippen LogP contribution in [0.5, 0.6) is 0 Å². The van der Waals surface area contributed by atoms with E-state index in [1.807, 2.05) is 0 Å². The first-order valence-electron chi connectivity index (χ1n) is 7.39. The predicted molar refractivity (Wildman–Crippen MR) is 94.9 cm³/mol. The average molecular weight is 339 g/mol. The second-order valence-electron chi connectivity index (χ2n) is 7.50. The van der Waals surface area contributed by atoms with Gasteiger partial charge in [-0.15, -0.1) is 0 Å². The molecule has 3 nitrogen and oxygen atoms in total. The molecule has 1 aliphatic heterocycles. The van der Waals surface area contributed by atoms with Crippen LogP contribution < -0.4 is 0 Å². The Morgan fingerprint density at radius 1 is 0.789 bits per heavy atom. The lowest BCUT2D eigenvalue weighted by Gasteiger charge is -2.35. The lowest BCUT2D eigenvalue weighted by Crippen LogP contribution is -2.50. The van der Waals surface area contributed by atoms with Crippen molar-refractivity contribution in [2.45, 2.75) is 71.3 Å². The van der Waals surface area contributed by atoms with E-state index in [0.29, 0.717) is 0 Å². The van der Waals surface area contributed by atoms with Gasteiger partial charge in [-0.25, -0.2) is 0 Å². The second kappa shape index (κ2) is 8.25. The number of hydrogen-bond acceptors (Lipinski definition) is 3. The minimum atomic E-state index is -1.85. The maximum Gasteiger partial charge on any atom is 0.311 e. The van der Waals surface area contributed by atoms with Crippen molar-refractivity contribution in [3.8, 4) is 0 Å². The molecule has 116 valence electrons. The van der Waals surface area contributed by atoms with Crippen LogP contribution in [0.2, 0.25) is 58.4 Å². The van der Waals surface area contributed by atoms with Crippen molar-refractivity contribution in [3.05, 3.63) is 0 Å². The van der Waals surface area contributed by atoms with E-state index in [1.54, 1.807) is 0 Å². The molecule has 0 saturated carbocycles. The normalized spacial score (nSPS) is 18.9. The highest BCUT2D eigenvalue weighted by Gasteiger charge is 2.35. The van der Waals surface area contributed by atoms with E-state index in [9.17, 15) is 0 Å². The van der Waals surface area contributed by atoms with Gasteiger partial charge in [0.15, 0.2) is 26.4 Å². The maximum absolute atomic E-state index is 6.09. The molecule has 1 fully saturated rings. The summed E-state index contributed by atoms with van der Waals surface area (Å²) < 4.78 is 17.4. The van der Waals surface area contributed by atoms with Gasteiger partial charge in [-0.1, -0.05) is 6.42 Å². The minimum absolute atomic E-state index is 0.00849. The molecule has 0 bridgehead atoms. The Labute approximate surface area is 125 Å². The van der Waals surface area contributed by atoms with Crippen molar-refractivity contribution in [1.29, 1.82) is 0 Å².